The molecule has 32 heavy (non-hydrogen) atoms. The van der Waals surface area contributed by atoms with Crippen molar-refractivity contribution in [2.45, 2.75) is 24.2 Å². The molecule has 0 atom stereocenters. The Morgan fingerprint density at radius 1 is 1.09 bits per heavy atom. The molecule has 1 aliphatic rings. The molecule has 0 fully saturated rings. The molecule has 0 bridgehead atoms. The first kappa shape index (κ1) is 23.1. The summed E-state index contributed by atoms with van der Waals surface area (Å²) in [5.41, 5.74) is 0.588. The molecule has 3 rings (SSSR count). The Bertz CT molecular complexity index is 1110. The van der Waals surface area contributed by atoms with E-state index in [0.717, 1.165) is 11.8 Å². The van der Waals surface area contributed by atoms with Gasteiger partial charge >= 0.3 is 5.97 Å². The van der Waals surface area contributed by atoms with Gasteiger partial charge in [-0.3, -0.25) is 14.9 Å². The van der Waals surface area contributed by atoms with Crippen LogP contribution in [0.3, 0.4) is 0 Å². The number of hydrogen-bond acceptors (Lipinski definition) is 8. The predicted molar refractivity (Wildman–Crippen MR) is 120 cm³/mol. The van der Waals surface area contributed by atoms with Crippen molar-refractivity contribution in [3.8, 4) is 11.5 Å². The first-order valence-electron chi connectivity index (χ1n) is 9.72. The third-order valence-corrected chi connectivity index (χ3v) is 5.86. The molecule has 8 nitrogen and oxygen atoms in total. The highest BCUT2D eigenvalue weighted by Crippen LogP contribution is 2.39. The number of benzene rings is 2. The van der Waals surface area contributed by atoms with Gasteiger partial charge in [-0.25, -0.2) is 4.79 Å². The Morgan fingerprint density at radius 3 is 2.56 bits per heavy atom. The zero-order chi connectivity index (χ0) is 23.1. The summed E-state index contributed by atoms with van der Waals surface area (Å²) in [6, 6.07) is 11.3. The van der Waals surface area contributed by atoms with Crippen molar-refractivity contribution in [1.29, 1.82) is 0 Å². The minimum Gasteiger partial charge on any atom is -0.493 e. The van der Waals surface area contributed by atoms with Crippen LogP contribution in [0.25, 0.3) is 6.08 Å². The summed E-state index contributed by atoms with van der Waals surface area (Å²) in [6.45, 7) is 0. The Morgan fingerprint density at radius 2 is 1.84 bits per heavy atom. The van der Waals surface area contributed by atoms with E-state index in [2.05, 4.69) is 0 Å². The molecular formula is C23H21NO7S. The number of esters is 1. The monoisotopic (exact) mass is 455 g/mol. The molecule has 0 radical (unpaired) electrons. The van der Waals surface area contributed by atoms with Crippen molar-refractivity contribution >= 4 is 35.3 Å². The summed E-state index contributed by atoms with van der Waals surface area (Å²) in [6.07, 6.45) is 4.04. The SMILES string of the molecule is COc1ccc(C=CC(=O)OC2=C(Sc3ccccc3[N+](=O)[O-])C(=O)CCC2)cc1OC. The molecule has 0 unspecified atom stereocenters. The van der Waals surface area contributed by atoms with Crippen molar-refractivity contribution in [3.63, 3.8) is 0 Å². The molecule has 0 N–H and O–H groups in total. The van der Waals surface area contributed by atoms with Gasteiger partial charge in [0, 0.05) is 25.0 Å². The number of carbonyl (C=O) groups excluding carboxylic acids is 2. The van der Waals surface area contributed by atoms with Gasteiger partial charge in [0.05, 0.1) is 28.9 Å². The largest absolute Gasteiger partial charge is 0.493 e. The predicted octanol–water partition coefficient (Wildman–Crippen LogP) is 4.93. The van der Waals surface area contributed by atoms with Gasteiger partial charge in [0.25, 0.3) is 5.69 Å². The average molecular weight is 455 g/mol. The van der Waals surface area contributed by atoms with Crippen LogP contribution in [0.4, 0.5) is 5.69 Å². The molecule has 0 saturated heterocycles. The maximum absolute atomic E-state index is 12.5. The number of methoxy groups -OCH3 is 2. The Balaban J connectivity index is 1.80. The molecule has 0 amide bonds. The van der Waals surface area contributed by atoms with Crippen LogP contribution in [0.15, 0.2) is 64.1 Å². The van der Waals surface area contributed by atoms with Gasteiger partial charge in [0.2, 0.25) is 0 Å². The molecule has 2 aromatic rings. The maximum atomic E-state index is 12.5. The van der Waals surface area contributed by atoms with Gasteiger partial charge in [-0.15, -0.1) is 0 Å². The van der Waals surface area contributed by atoms with Crippen LogP contribution in [-0.2, 0) is 14.3 Å². The number of ketones is 1. The van der Waals surface area contributed by atoms with Crippen LogP contribution in [0.2, 0.25) is 0 Å². The summed E-state index contributed by atoms with van der Waals surface area (Å²) >= 11 is 0.958. The molecule has 0 aromatic heterocycles. The lowest BCUT2D eigenvalue weighted by molar-refractivity contribution is -0.387. The van der Waals surface area contributed by atoms with Gasteiger partial charge in [-0.05, 0) is 36.3 Å². The lowest BCUT2D eigenvalue weighted by Crippen LogP contribution is -2.13. The van der Waals surface area contributed by atoms with Crippen LogP contribution in [0, 0.1) is 10.1 Å². The number of nitrogens with zero attached hydrogens (tertiary/aromatic N) is 1. The van der Waals surface area contributed by atoms with Crippen molar-refractivity contribution in [1.82, 2.24) is 0 Å². The molecule has 0 spiro atoms. The van der Waals surface area contributed by atoms with Gasteiger partial charge < -0.3 is 14.2 Å². The fourth-order valence-electron chi connectivity index (χ4n) is 3.08. The van der Waals surface area contributed by atoms with E-state index in [4.69, 9.17) is 14.2 Å². The zero-order valence-corrected chi connectivity index (χ0v) is 18.3. The Labute approximate surface area is 189 Å². The van der Waals surface area contributed by atoms with E-state index in [9.17, 15) is 19.7 Å². The smallest absolute Gasteiger partial charge is 0.335 e. The summed E-state index contributed by atoms with van der Waals surface area (Å²) in [5, 5.41) is 11.3. The number of carbonyl (C=O) groups is 2. The summed E-state index contributed by atoms with van der Waals surface area (Å²) < 4.78 is 15.9. The lowest BCUT2D eigenvalue weighted by atomic mass is 10.0. The van der Waals surface area contributed by atoms with E-state index in [-0.39, 0.29) is 22.1 Å². The second kappa shape index (κ2) is 10.6. The third-order valence-electron chi connectivity index (χ3n) is 4.63. The molecule has 0 saturated carbocycles. The van der Waals surface area contributed by atoms with Crippen molar-refractivity contribution in [3.05, 3.63) is 74.9 Å². The number of allylic oxidation sites excluding steroid dienone is 2. The number of ether oxygens (including phenoxy) is 3. The number of para-hydroxylation sites is 1. The van der Waals surface area contributed by atoms with Crippen LogP contribution < -0.4 is 9.47 Å². The number of rotatable bonds is 8. The highest BCUT2D eigenvalue weighted by atomic mass is 32.2. The average Bonchev–Trinajstić information content (AvgIpc) is 2.79. The standard InChI is InChI=1S/C23H21NO7S/c1-29-18-12-10-15(14-20(18)30-2)11-13-22(26)31-19-8-5-7-17(25)23(19)32-21-9-4-3-6-16(21)24(27)28/h3-4,6,9-14H,5,7-8H2,1-2H3. The zero-order valence-electron chi connectivity index (χ0n) is 17.5. The van der Waals surface area contributed by atoms with Gasteiger partial charge in [0.1, 0.15) is 5.76 Å². The van der Waals surface area contributed by atoms with Gasteiger partial charge in [0.15, 0.2) is 17.3 Å². The molecule has 1 aliphatic carbocycles. The molecule has 9 heteroatoms. The topological polar surface area (TPSA) is 105 Å². The van der Waals surface area contributed by atoms with Crippen LogP contribution in [0.1, 0.15) is 24.8 Å². The third kappa shape index (κ3) is 5.55. The van der Waals surface area contributed by atoms with E-state index in [1.165, 1.54) is 26.4 Å². The van der Waals surface area contributed by atoms with E-state index in [0.29, 0.717) is 41.2 Å². The highest BCUT2D eigenvalue weighted by molar-refractivity contribution is 8.04. The van der Waals surface area contributed by atoms with E-state index in [1.807, 2.05) is 0 Å². The molecule has 0 heterocycles. The minimum atomic E-state index is -0.648. The summed E-state index contributed by atoms with van der Waals surface area (Å²) in [7, 11) is 3.05. The van der Waals surface area contributed by atoms with Gasteiger partial charge in [-0.2, -0.15) is 0 Å². The highest BCUT2D eigenvalue weighted by Gasteiger charge is 2.26. The fraction of sp³-hybridized carbons (Fsp3) is 0.217. The van der Waals surface area contributed by atoms with Crippen molar-refractivity contribution < 1.29 is 28.7 Å². The molecular weight excluding hydrogens is 434 g/mol. The van der Waals surface area contributed by atoms with E-state index >= 15 is 0 Å². The summed E-state index contributed by atoms with van der Waals surface area (Å²) in [5.74, 6) is 0.462. The Hall–Kier alpha value is -3.59. The summed E-state index contributed by atoms with van der Waals surface area (Å²) in [4.78, 5) is 36.2. The van der Waals surface area contributed by atoms with Crippen molar-refractivity contribution in [2.24, 2.45) is 0 Å². The minimum absolute atomic E-state index is 0.109. The molecule has 0 aliphatic heterocycles. The van der Waals surface area contributed by atoms with Crippen molar-refractivity contribution in [2.75, 3.05) is 14.2 Å². The normalized spacial score (nSPS) is 13.9. The maximum Gasteiger partial charge on any atom is 0.335 e. The quantitative estimate of drug-likeness (QED) is 0.239. The van der Waals surface area contributed by atoms with E-state index < -0.39 is 10.9 Å². The molecule has 166 valence electrons. The number of thioether (sulfide) groups is 1. The van der Waals surface area contributed by atoms with Crippen LogP contribution >= 0.6 is 11.8 Å². The number of nitro benzene ring substituents is 1. The second-order valence-corrected chi connectivity index (χ2v) is 7.78. The second-order valence-electron chi connectivity index (χ2n) is 6.72. The first-order valence-corrected chi connectivity index (χ1v) is 10.5. The molecule has 2 aromatic carbocycles. The van der Waals surface area contributed by atoms with E-state index in [1.54, 1.807) is 42.5 Å². The van der Waals surface area contributed by atoms with Crippen LogP contribution in [-0.4, -0.2) is 30.9 Å². The first-order chi connectivity index (χ1) is 15.4. The van der Waals surface area contributed by atoms with Gasteiger partial charge in [-0.1, -0.05) is 30.0 Å². The fourth-order valence-corrected chi connectivity index (χ4v) is 4.17. The number of hydrogen-bond donors (Lipinski definition) is 0. The number of Topliss-reactive ketones (excluding diaryl/α,β-unsaturated/α-hetero) is 1. The van der Waals surface area contributed by atoms with Crippen LogP contribution in [0.5, 0.6) is 11.5 Å². The number of nitro groups is 1. The lowest BCUT2D eigenvalue weighted by Gasteiger charge is -2.18. The Kier molecular flexibility index (Phi) is 7.67.